The van der Waals surface area contributed by atoms with Gasteiger partial charge in [-0.05, 0) is 6.08 Å². The van der Waals surface area contributed by atoms with Crippen LogP contribution in [0.15, 0.2) is 12.7 Å². The highest BCUT2D eigenvalue weighted by atomic mass is 16.3. The number of amides is 1. The molecule has 68 valence electrons. The second-order valence-electron chi connectivity index (χ2n) is 3.21. The first-order valence-corrected chi connectivity index (χ1v) is 3.80. The predicted molar refractivity (Wildman–Crippen MR) is 43.4 cm³/mol. The van der Waals surface area contributed by atoms with Crippen molar-refractivity contribution in [1.29, 1.82) is 0 Å². The molecular formula is C8H13NO3. The summed E-state index contributed by atoms with van der Waals surface area (Å²) in [5, 5.41) is 17.8. The molecule has 0 aromatic carbocycles. The van der Waals surface area contributed by atoms with E-state index < -0.39 is 5.41 Å². The maximum Gasteiger partial charge on any atom is 0.245 e. The molecule has 0 unspecified atom stereocenters. The number of aliphatic hydroxyl groups excluding tert-OH is 2. The molecule has 0 bridgehead atoms. The van der Waals surface area contributed by atoms with Crippen LogP contribution < -0.4 is 0 Å². The van der Waals surface area contributed by atoms with E-state index in [1.54, 1.807) is 4.90 Å². The molecule has 0 spiro atoms. The smallest absolute Gasteiger partial charge is 0.245 e. The minimum Gasteiger partial charge on any atom is -0.396 e. The average Bonchev–Trinajstić information content (AvgIpc) is 2.04. The lowest BCUT2D eigenvalue weighted by atomic mass is 9.81. The van der Waals surface area contributed by atoms with Crippen molar-refractivity contribution in [2.75, 3.05) is 26.3 Å². The Morgan fingerprint density at radius 3 is 2.33 bits per heavy atom. The number of rotatable bonds is 3. The third-order valence-electron chi connectivity index (χ3n) is 2.21. The topological polar surface area (TPSA) is 60.8 Å². The molecule has 0 atom stereocenters. The number of hydrogen-bond donors (Lipinski definition) is 2. The fourth-order valence-electron chi connectivity index (χ4n) is 1.30. The van der Waals surface area contributed by atoms with Crippen LogP contribution in [0.3, 0.4) is 0 Å². The van der Waals surface area contributed by atoms with Gasteiger partial charge in [0.05, 0.1) is 18.6 Å². The van der Waals surface area contributed by atoms with E-state index in [0.29, 0.717) is 13.1 Å². The van der Waals surface area contributed by atoms with Crippen LogP contribution in [-0.2, 0) is 4.79 Å². The van der Waals surface area contributed by atoms with Gasteiger partial charge in [-0.1, -0.05) is 6.58 Å². The lowest BCUT2D eigenvalue weighted by molar-refractivity contribution is -0.144. The van der Waals surface area contributed by atoms with Gasteiger partial charge in [0.15, 0.2) is 0 Å². The summed E-state index contributed by atoms with van der Waals surface area (Å²) in [6, 6.07) is 0. The fourth-order valence-corrected chi connectivity index (χ4v) is 1.30. The molecule has 12 heavy (non-hydrogen) atoms. The fraction of sp³-hybridized carbons (Fsp3) is 0.625. The lowest BCUT2D eigenvalue weighted by Crippen LogP contribution is -2.61. The lowest BCUT2D eigenvalue weighted by Gasteiger charge is -2.47. The van der Waals surface area contributed by atoms with Gasteiger partial charge < -0.3 is 15.1 Å². The van der Waals surface area contributed by atoms with Crippen molar-refractivity contribution >= 4 is 5.91 Å². The van der Waals surface area contributed by atoms with E-state index in [9.17, 15) is 4.79 Å². The summed E-state index contributed by atoms with van der Waals surface area (Å²) in [6.07, 6.45) is 1.23. The van der Waals surface area contributed by atoms with Gasteiger partial charge in [0.25, 0.3) is 0 Å². The van der Waals surface area contributed by atoms with Crippen molar-refractivity contribution in [2.45, 2.75) is 0 Å². The van der Waals surface area contributed by atoms with E-state index in [2.05, 4.69) is 6.58 Å². The summed E-state index contributed by atoms with van der Waals surface area (Å²) >= 11 is 0. The first kappa shape index (κ1) is 9.22. The zero-order valence-electron chi connectivity index (χ0n) is 6.86. The monoisotopic (exact) mass is 171 g/mol. The molecule has 1 saturated heterocycles. The molecule has 1 rings (SSSR count). The largest absolute Gasteiger partial charge is 0.396 e. The minimum absolute atomic E-state index is 0.0789. The number of carbonyl (C=O) groups excluding carboxylic acids is 1. The Bertz CT molecular complexity index is 190. The van der Waals surface area contributed by atoms with Crippen molar-refractivity contribution in [3.63, 3.8) is 0 Å². The van der Waals surface area contributed by atoms with Crippen molar-refractivity contribution in [3.8, 4) is 0 Å². The van der Waals surface area contributed by atoms with Crippen LogP contribution in [0.1, 0.15) is 0 Å². The Morgan fingerprint density at radius 2 is 2.00 bits per heavy atom. The summed E-state index contributed by atoms with van der Waals surface area (Å²) in [7, 11) is 0. The number of nitrogens with zero attached hydrogens (tertiary/aromatic N) is 1. The highest BCUT2D eigenvalue weighted by Gasteiger charge is 2.43. The Morgan fingerprint density at radius 1 is 1.50 bits per heavy atom. The van der Waals surface area contributed by atoms with E-state index in [0.717, 1.165) is 0 Å². The van der Waals surface area contributed by atoms with Gasteiger partial charge in [-0.25, -0.2) is 0 Å². The van der Waals surface area contributed by atoms with Crippen LogP contribution in [0, 0.1) is 5.41 Å². The van der Waals surface area contributed by atoms with Gasteiger partial charge in [-0.15, -0.1) is 0 Å². The Hall–Kier alpha value is -0.870. The molecule has 0 aromatic rings. The van der Waals surface area contributed by atoms with Crippen LogP contribution in [0.2, 0.25) is 0 Å². The molecule has 1 heterocycles. The van der Waals surface area contributed by atoms with Gasteiger partial charge >= 0.3 is 0 Å². The molecule has 2 N–H and O–H groups in total. The first-order chi connectivity index (χ1) is 5.67. The number of carbonyl (C=O) groups is 1. The maximum absolute atomic E-state index is 11.0. The third kappa shape index (κ3) is 1.35. The highest BCUT2D eigenvalue weighted by Crippen LogP contribution is 2.29. The zero-order valence-corrected chi connectivity index (χ0v) is 6.86. The first-order valence-electron chi connectivity index (χ1n) is 3.80. The third-order valence-corrected chi connectivity index (χ3v) is 2.21. The van der Waals surface area contributed by atoms with Crippen molar-refractivity contribution in [1.82, 2.24) is 4.90 Å². The summed E-state index contributed by atoms with van der Waals surface area (Å²) in [5.74, 6) is -0.146. The van der Waals surface area contributed by atoms with E-state index in [1.807, 2.05) is 0 Å². The van der Waals surface area contributed by atoms with Crippen LogP contribution in [0.5, 0.6) is 0 Å². The Labute approximate surface area is 71.1 Å². The molecule has 1 aliphatic rings. The van der Waals surface area contributed by atoms with E-state index in [1.165, 1.54) is 6.08 Å². The molecule has 0 radical (unpaired) electrons. The molecule has 1 aliphatic heterocycles. The van der Waals surface area contributed by atoms with Gasteiger partial charge in [-0.3, -0.25) is 4.79 Å². The van der Waals surface area contributed by atoms with Gasteiger partial charge in [0.2, 0.25) is 5.91 Å². The van der Waals surface area contributed by atoms with Crippen LogP contribution >= 0.6 is 0 Å². The second kappa shape index (κ2) is 3.25. The SMILES string of the molecule is C=CC(=O)N1CC(CO)(CO)C1. The van der Waals surface area contributed by atoms with Crippen molar-refractivity contribution < 1.29 is 15.0 Å². The van der Waals surface area contributed by atoms with E-state index in [-0.39, 0.29) is 19.1 Å². The van der Waals surface area contributed by atoms with Gasteiger partial charge in [-0.2, -0.15) is 0 Å². The minimum atomic E-state index is -0.474. The molecular weight excluding hydrogens is 158 g/mol. The molecule has 0 aliphatic carbocycles. The van der Waals surface area contributed by atoms with Gasteiger partial charge in [0, 0.05) is 13.1 Å². The summed E-state index contributed by atoms with van der Waals surface area (Å²) < 4.78 is 0. The Balaban J connectivity index is 2.45. The van der Waals surface area contributed by atoms with Crippen LogP contribution in [-0.4, -0.2) is 47.3 Å². The van der Waals surface area contributed by atoms with E-state index >= 15 is 0 Å². The quantitative estimate of drug-likeness (QED) is 0.535. The molecule has 4 nitrogen and oxygen atoms in total. The second-order valence-corrected chi connectivity index (χ2v) is 3.21. The van der Waals surface area contributed by atoms with E-state index in [4.69, 9.17) is 10.2 Å². The standard InChI is InChI=1S/C8H13NO3/c1-2-7(12)9-3-8(4-9,5-10)6-11/h2,10-11H,1,3-6H2. The van der Waals surface area contributed by atoms with Gasteiger partial charge in [0.1, 0.15) is 0 Å². The summed E-state index contributed by atoms with van der Waals surface area (Å²) in [4.78, 5) is 12.5. The van der Waals surface area contributed by atoms with Crippen LogP contribution in [0.25, 0.3) is 0 Å². The number of likely N-dealkylation sites (tertiary alicyclic amines) is 1. The summed E-state index contributed by atoms with van der Waals surface area (Å²) in [6.45, 7) is 4.03. The Kier molecular flexibility index (Phi) is 2.49. The van der Waals surface area contributed by atoms with Crippen molar-refractivity contribution in [2.24, 2.45) is 5.41 Å². The normalized spacial score (nSPS) is 20.0. The maximum atomic E-state index is 11.0. The summed E-state index contributed by atoms with van der Waals surface area (Å²) in [5.41, 5.74) is -0.474. The number of hydrogen-bond acceptors (Lipinski definition) is 3. The zero-order chi connectivity index (χ0) is 9.19. The molecule has 0 aromatic heterocycles. The van der Waals surface area contributed by atoms with Crippen molar-refractivity contribution in [3.05, 3.63) is 12.7 Å². The predicted octanol–water partition coefficient (Wildman–Crippen LogP) is -1.01. The number of aliphatic hydroxyl groups is 2. The van der Waals surface area contributed by atoms with Crippen LogP contribution in [0.4, 0.5) is 0 Å². The molecule has 4 heteroatoms. The average molecular weight is 171 g/mol. The molecule has 1 fully saturated rings. The molecule has 0 saturated carbocycles. The molecule has 1 amide bonds. The highest BCUT2D eigenvalue weighted by molar-refractivity contribution is 5.87.